The minimum absolute atomic E-state index is 0.0200. The number of aliphatic hydroxyl groups is 1. The van der Waals surface area contributed by atoms with Crippen LogP contribution >= 0.6 is 0 Å². The summed E-state index contributed by atoms with van der Waals surface area (Å²) in [5, 5.41) is 13.1. The van der Waals surface area contributed by atoms with Gasteiger partial charge in [0.1, 0.15) is 6.61 Å². The van der Waals surface area contributed by atoms with Crippen molar-refractivity contribution in [3.63, 3.8) is 0 Å². The van der Waals surface area contributed by atoms with Gasteiger partial charge in [0.25, 0.3) is 0 Å². The summed E-state index contributed by atoms with van der Waals surface area (Å²) in [6.45, 7) is 3.23. The Labute approximate surface area is 113 Å². The summed E-state index contributed by atoms with van der Waals surface area (Å²) in [4.78, 5) is 0. The van der Waals surface area contributed by atoms with Gasteiger partial charge in [-0.2, -0.15) is 0 Å². The Kier molecular flexibility index (Phi) is 4.77. The average Bonchev–Trinajstić information content (AvgIpc) is 3.26. The van der Waals surface area contributed by atoms with Crippen molar-refractivity contribution in [2.75, 3.05) is 19.8 Å². The van der Waals surface area contributed by atoms with Crippen LogP contribution in [-0.4, -0.2) is 30.4 Å². The number of nitrogens with one attached hydrogen (secondary N) is 1. The number of para-hydroxylation sites is 1. The molecule has 0 aromatic heterocycles. The molecule has 1 aromatic carbocycles. The largest absolute Gasteiger partial charge is 0.488 e. The second-order valence-corrected chi connectivity index (χ2v) is 5.23. The van der Waals surface area contributed by atoms with Gasteiger partial charge in [-0.05, 0) is 43.9 Å². The van der Waals surface area contributed by atoms with Gasteiger partial charge < -0.3 is 15.2 Å². The Bertz CT molecular complexity index is 409. The first-order chi connectivity index (χ1) is 9.22. The fraction of sp³-hybridized carbons (Fsp3) is 0.600. The summed E-state index contributed by atoms with van der Waals surface area (Å²) in [5.74, 6) is 0.315. The molecule has 106 valence electrons. The van der Waals surface area contributed by atoms with Gasteiger partial charge in [-0.15, -0.1) is 0 Å². The highest BCUT2D eigenvalue weighted by Crippen LogP contribution is 2.40. The molecule has 0 amide bonds. The maximum atomic E-state index is 13.5. The van der Waals surface area contributed by atoms with E-state index in [-0.39, 0.29) is 18.2 Å². The molecule has 0 radical (unpaired) electrons. The Morgan fingerprint density at radius 2 is 2.16 bits per heavy atom. The van der Waals surface area contributed by atoms with Gasteiger partial charge in [-0.25, -0.2) is 4.39 Å². The first-order valence-corrected chi connectivity index (χ1v) is 6.95. The van der Waals surface area contributed by atoms with Crippen molar-refractivity contribution < 1.29 is 14.2 Å². The second kappa shape index (κ2) is 6.35. The molecule has 2 N–H and O–H groups in total. The molecule has 1 aromatic rings. The van der Waals surface area contributed by atoms with Crippen molar-refractivity contribution in [3.8, 4) is 5.75 Å². The number of benzene rings is 1. The van der Waals surface area contributed by atoms with Gasteiger partial charge in [-0.1, -0.05) is 19.1 Å². The third kappa shape index (κ3) is 3.45. The minimum atomic E-state index is -0.432. The van der Waals surface area contributed by atoms with Crippen LogP contribution in [0.1, 0.15) is 26.2 Å². The van der Waals surface area contributed by atoms with Crippen molar-refractivity contribution in [1.82, 2.24) is 5.32 Å². The lowest BCUT2D eigenvalue weighted by Gasteiger charge is -2.33. The Hall–Kier alpha value is -1.13. The number of halogens is 1. The molecule has 0 aliphatic heterocycles. The predicted molar refractivity (Wildman–Crippen MR) is 72.7 cm³/mol. The van der Waals surface area contributed by atoms with Crippen molar-refractivity contribution in [2.24, 2.45) is 5.92 Å². The van der Waals surface area contributed by atoms with E-state index in [9.17, 15) is 9.50 Å². The van der Waals surface area contributed by atoms with Crippen molar-refractivity contribution in [1.29, 1.82) is 0 Å². The molecule has 1 unspecified atom stereocenters. The van der Waals surface area contributed by atoms with Crippen LogP contribution in [0.4, 0.5) is 4.39 Å². The fourth-order valence-electron chi connectivity index (χ4n) is 2.32. The second-order valence-electron chi connectivity index (χ2n) is 5.23. The zero-order chi connectivity index (χ0) is 13.7. The monoisotopic (exact) mass is 267 g/mol. The molecule has 2 rings (SSSR count). The van der Waals surface area contributed by atoms with Crippen LogP contribution in [-0.2, 0) is 0 Å². The molecule has 0 bridgehead atoms. The van der Waals surface area contributed by atoms with Gasteiger partial charge in [0.05, 0.1) is 12.1 Å². The Balaban J connectivity index is 2.02. The summed E-state index contributed by atoms with van der Waals surface area (Å²) < 4.78 is 19.1. The lowest BCUT2D eigenvalue weighted by Crippen LogP contribution is -2.55. The number of aliphatic hydroxyl groups excluding tert-OH is 1. The predicted octanol–water partition coefficient (Wildman–Crippen LogP) is 2.35. The molecule has 1 aliphatic rings. The van der Waals surface area contributed by atoms with Crippen LogP contribution in [0, 0.1) is 11.7 Å². The Morgan fingerprint density at radius 1 is 1.42 bits per heavy atom. The van der Waals surface area contributed by atoms with Gasteiger partial charge in [0.2, 0.25) is 0 Å². The van der Waals surface area contributed by atoms with E-state index in [0.29, 0.717) is 12.5 Å². The third-order valence-corrected chi connectivity index (χ3v) is 3.69. The van der Waals surface area contributed by atoms with Crippen LogP contribution < -0.4 is 10.1 Å². The van der Waals surface area contributed by atoms with E-state index < -0.39 is 5.54 Å². The van der Waals surface area contributed by atoms with E-state index >= 15 is 0 Å². The average molecular weight is 267 g/mol. The van der Waals surface area contributed by atoms with Crippen LogP contribution in [0.3, 0.4) is 0 Å². The standard InChI is InChI=1S/C15H22FNO2/c1-2-9-17-15(10-18,12-7-8-12)11-19-14-6-4-3-5-13(14)16/h3-6,12,17-18H,2,7-11H2,1H3. The third-order valence-electron chi connectivity index (χ3n) is 3.69. The molecule has 19 heavy (non-hydrogen) atoms. The molecule has 0 heterocycles. The summed E-state index contributed by atoms with van der Waals surface area (Å²) in [6, 6.07) is 6.38. The molecule has 1 aliphatic carbocycles. The van der Waals surface area contributed by atoms with Gasteiger partial charge >= 0.3 is 0 Å². The van der Waals surface area contributed by atoms with Crippen molar-refractivity contribution in [3.05, 3.63) is 30.1 Å². The van der Waals surface area contributed by atoms with E-state index in [4.69, 9.17) is 4.74 Å². The zero-order valence-corrected chi connectivity index (χ0v) is 11.4. The highest BCUT2D eigenvalue weighted by Gasteiger charge is 2.45. The van der Waals surface area contributed by atoms with Crippen LogP contribution in [0.5, 0.6) is 5.75 Å². The molecule has 4 heteroatoms. The van der Waals surface area contributed by atoms with E-state index in [1.807, 2.05) is 0 Å². The maximum Gasteiger partial charge on any atom is 0.165 e. The van der Waals surface area contributed by atoms with E-state index in [0.717, 1.165) is 25.8 Å². The summed E-state index contributed by atoms with van der Waals surface area (Å²) in [5.41, 5.74) is -0.432. The normalized spacial score (nSPS) is 18.1. The van der Waals surface area contributed by atoms with Gasteiger partial charge in [-0.3, -0.25) is 0 Å². The number of hydrogen-bond acceptors (Lipinski definition) is 3. The Morgan fingerprint density at radius 3 is 2.74 bits per heavy atom. The quantitative estimate of drug-likeness (QED) is 0.759. The van der Waals surface area contributed by atoms with E-state index in [1.165, 1.54) is 6.07 Å². The molecule has 3 nitrogen and oxygen atoms in total. The first-order valence-electron chi connectivity index (χ1n) is 6.95. The van der Waals surface area contributed by atoms with Crippen LogP contribution in [0.25, 0.3) is 0 Å². The topological polar surface area (TPSA) is 41.5 Å². The van der Waals surface area contributed by atoms with Gasteiger partial charge in [0, 0.05) is 0 Å². The lowest BCUT2D eigenvalue weighted by molar-refractivity contribution is 0.0832. The minimum Gasteiger partial charge on any atom is -0.488 e. The zero-order valence-electron chi connectivity index (χ0n) is 11.4. The first kappa shape index (κ1) is 14.3. The van der Waals surface area contributed by atoms with E-state index in [2.05, 4.69) is 12.2 Å². The lowest BCUT2D eigenvalue weighted by atomic mass is 9.95. The highest BCUT2D eigenvalue weighted by atomic mass is 19.1. The molecule has 0 saturated heterocycles. The molecule has 1 atom stereocenters. The van der Waals surface area contributed by atoms with Gasteiger partial charge in [0.15, 0.2) is 11.6 Å². The molecule has 1 saturated carbocycles. The number of rotatable bonds is 8. The maximum absolute atomic E-state index is 13.5. The van der Waals surface area contributed by atoms with Crippen molar-refractivity contribution in [2.45, 2.75) is 31.7 Å². The van der Waals surface area contributed by atoms with Crippen LogP contribution in [0.15, 0.2) is 24.3 Å². The molecule has 0 spiro atoms. The van der Waals surface area contributed by atoms with Crippen LogP contribution in [0.2, 0.25) is 0 Å². The number of ether oxygens (including phenoxy) is 1. The number of hydrogen-bond donors (Lipinski definition) is 2. The molecule has 1 fully saturated rings. The summed E-state index contributed by atoms with van der Waals surface area (Å²) in [7, 11) is 0. The molecular formula is C15H22FNO2. The molecular weight excluding hydrogens is 245 g/mol. The smallest absolute Gasteiger partial charge is 0.165 e. The highest BCUT2D eigenvalue weighted by molar-refractivity contribution is 5.24. The SMILES string of the molecule is CCCNC(CO)(COc1ccccc1F)C1CC1. The van der Waals surface area contributed by atoms with E-state index in [1.54, 1.807) is 18.2 Å². The summed E-state index contributed by atoms with van der Waals surface area (Å²) in [6.07, 6.45) is 3.18. The van der Waals surface area contributed by atoms with Crippen molar-refractivity contribution >= 4 is 0 Å². The fourth-order valence-corrected chi connectivity index (χ4v) is 2.32. The summed E-state index contributed by atoms with van der Waals surface area (Å²) >= 11 is 0.